The zero-order valence-electron chi connectivity index (χ0n) is 16.2. The van der Waals surface area contributed by atoms with E-state index in [1.165, 1.54) is 10.4 Å². The van der Waals surface area contributed by atoms with Gasteiger partial charge in [-0.1, -0.05) is 12.1 Å². The number of alkyl carbamates (subject to hydrolysis) is 1. The number of thiophene rings is 1. The van der Waals surface area contributed by atoms with Crippen LogP contribution >= 0.6 is 11.3 Å². The van der Waals surface area contributed by atoms with Gasteiger partial charge in [0.15, 0.2) is 0 Å². The molecule has 5 nitrogen and oxygen atoms in total. The summed E-state index contributed by atoms with van der Waals surface area (Å²) in [6.07, 6.45) is 0.470. The van der Waals surface area contributed by atoms with Crippen molar-refractivity contribution in [2.75, 3.05) is 6.54 Å². The molecule has 144 valence electrons. The van der Waals surface area contributed by atoms with Gasteiger partial charge in [-0.25, -0.2) is 4.79 Å². The molecule has 0 radical (unpaired) electrons. The van der Waals surface area contributed by atoms with E-state index in [-0.39, 0.29) is 11.9 Å². The Hall–Kier alpha value is -2.34. The predicted octanol–water partition coefficient (Wildman–Crippen LogP) is 4.53. The van der Waals surface area contributed by atoms with E-state index in [9.17, 15) is 9.59 Å². The number of benzene rings is 1. The van der Waals surface area contributed by atoms with E-state index >= 15 is 0 Å². The first-order chi connectivity index (χ1) is 12.7. The largest absolute Gasteiger partial charge is 0.444 e. The third-order valence-electron chi connectivity index (χ3n) is 4.57. The molecule has 2 aromatic rings. The summed E-state index contributed by atoms with van der Waals surface area (Å²) >= 11 is 1.77. The molecule has 1 N–H and O–H groups in total. The molecule has 3 rings (SSSR count). The van der Waals surface area contributed by atoms with Crippen molar-refractivity contribution in [1.29, 1.82) is 0 Å². The average Bonchev–Trinajstić information content (AvgIpc) is 3.08. The Bertz CT molecular complexity index is 821. The van der Waals surface area contributed by atoms with Gasteiger partial charge in [-0.2, -0.15) is 0 Å². The number of nitrogens with zero attached hydrogens (tertiary/aromatic N) is 1. The van der Waals surface area contributed by atoms with E-state index in [0.717, 1.165) is 18.5 Å². The van der Waals surface area contributed by atoms with Crippen molar-refractivity contribution in [3.05, 3.63) is 57.3 Å². The maximum absolute atomic E-state index is 12.9. The van der Waals surface area contributed by atoms with Crippen LogP contribution in [0.25, 0.3) is 0 Å². The van der Waals surface area contributed by atoms with Crippen LogP contribution < -0.4 is 5.32 Å². The van der Waals surface area contributed by atoms with Crippen LogP contribution in [0.5, 0.6) is 0 Å². The molecular formula is C21H26N2O3S. The normalized spacial score (nSPS) is 16.6. The molecule has 0 saturated heterocycles. The van der Waals surface area contributed by atoms with Gasteiger partial charge in [-0.3, -0.25) is 4.79 Å². The Balaban J connectivity index is 1.60. The van der Waals surface area contributed by atoms with Gasteiger partial charge in [-0.05, 0) is 68.8 Å². The van der Waals surface area contributed by atoms with E-state index in [1.807, 2.05) is 49.9 Å². The molecular weight excluding hydrogens is 360 g/mol. The minimum absolute atomic E-state index is 0.0472. The van der Waals surface area contributed by atoms with Crippen LogP contribution in [0.15, 0.2) is 35.7 Å². The zero-order valence-corrected chi connectivity index (χ0v) is 17.1. The van der Waals surface area contributed by atoms with Crippen molar-refractivity contribution in [2.45, 2.75) is 52.3 Å². The first-order valence-electron chi connectivity index (χ1n) is 9.17. The van der Waals surface area contributed by atoms with Gasteiger partial charge in [0.25, 0.3) is 5.91 Å². The number of carbonyl (C=O) groups is 2. The Kier molecular flexibility index (Phi) is 5.56. The standard InChI is InChI=1S/C21H26N2O3S/c1-14-17-10-12-27-18(17)9-11-23(14)19(24)16-7-5-15(6-8-16)13-22-20(25)26-21(2,3)4/h5-8,10,12,14H,9,11,13H2,1-4H3,(H,22,25)/t14-/m1/s1. The van der Waals surface area contributed by atoms with E-state index in [2.05, 4.69) is 23.7 Å². The van der Waals surface area contributed by atoms with Crippen molar-refractivity contribution >= 4 is 23.3 Å². The Morgan fingerprint density at radius 3 is 2.59 bits per heavy atom. The molecule has 27 heavy (non-hydrogen) atoms. The van der Waals surface area contributed by atoms with Gasteiger partial charge in [0.2, 0.25) is 0 Å². The Labute approximate surface area is 164 Å². The fraction of sp³-hybridized carbons (Fsp3) is 0.429. The van der Waals surface area contributed by atoms with Crippen LogP contribution in [0.2, 0.25) is 0 Å². The van der Waals surface area contributed by atoms with Gasteiger partial charge in [-0.15, -0.1) is 11.3 Å². The number of nitrogens with one attached hydrogen (secondary N) is 1. The highest BCUT2D eigenvalue weighted by Gasteiger charge is 2.28. The minimum atomic E-state index is -0.520. The summed E-state index contributed by atoms with van der Waals surface area (Å²) in [4.78, 5) is 28.0. The summed E-state index contributed by atoms with van der Waals surface area (Å²) in [7, 11) is 0. The maximum atomic E-state index is 12.9. The molecule has 1 aromatic heterocycles. The number of carbonyl (C=O) groups excluding carboxylic acids is 2. The quantitative estimate of drug-likeness (QED) is 0.843. The van der Waals surface area contributed by atoms with Crippen molar-refractivity contribution in [3.63, 3.8) is 0 Å². The highest BCUT2D eigenvalue weighted by molar-refractivity contribution is 7.10. The Morgan fingerprint density at radius 1 is 1.22 bits per heavy atom. The molecule has 1 aliphatic heterocycles. The van der Waals surface area contributed by atoms with Crippen molar-refractivity contribution in [1.82, 2.24) is 10.2 Å². The van der Waals surface area contributed by atoms with Crippen LogP contribution in [-0.2, 0) is 17.7 Å². The molecule has 0 aliphatic carbocycles. The van der Waals surface area contributed by atoms with Gasteiger partial charge in [0.05, 0.1) is 6.04 Å². The number of rotatable bonds is 3. The minimum Gasteiger partial charge on any atom is -0.444 e. The fourth-order valence-corrected chi connectivity index (χ4v) is 4.17. The molecule has 0 fully saturated rings. The highest BCUT2D eigenvalue weighted by Crippen LogP contribution is 2.33. The topological polar surface area (TPSA) is 58.6 Å². The van der Waals surface area contributed by atoms with Crippen LogP contribution in [0.4, 0.5) is 4.79 Å². The molecule has 0 bridgehead atoms. The van der Waals surface area contributed by atoms with Gasteiger partial charge in [0.1, 0.15) is 5.60 Å². The second-order valence-electron chi connectivity index (χ2n) is 7.78. The number of hydrogen-bond acceptors (Lipinski definition) is 4. The van der Waals surface area contributed by atoms with Gasteiger partial charge in [0, 0.05) is 23.5 Å². The maximum Gasteiger partial charge on any atom is 0.407 e. The molecule has 1 aliphatic rings. The molecule has 1 aromatic carbocycles. The number of amides is 2. The molecule has 6 heteroatoms. The van der Waals surface area contributed by atoms with E-state index in [0.29, 0.717) is 12.1 Å². The summed E-state index contributed by atoms with van der Waals surface area (Å²) in [6, 6.07) is 9.61. The third kappa shape index (κ3) is 4.69. The van der Waals surface area contributed by atoms with Crippen molar-refractivity contribution in [2.24, 2.45) is 0 Å². The predicted molar refractivity (Wildman–Crippen MR) is 107 cm³/mol. The number of ether oxygens (including phenoxy) is 1. The zero-order chi connectivity index (χ0) is 19.6. The van der Waals surface area contributed by atoms with E-state index in [1.54, 1.807) is 11.3 Å². The highest BCUT2D eigenvalue weighted by atomic mass is 32.1. The van der Waals surface area contributed by atoms with Crippen molar-refractivity contribution in [3.8, 4) is 0 Å². The van der Waals surface area contributed by atoms with Crippen LogP contribution in [0.1, 0.15) is 60.1 Å². The van der Waals surface area contributed by atoms with Gasteiger partial charge < -0.3 is 15.0 Å². The summed E-state index contributed by atoms with van der Waals surface area (Å²) in [6.45, 7) is 8.67. The lowest BCUT2D eigenvalue weighted by Gasteiger charge is -2.33. The second kappa shape index (κ2) is 7.72. The molecule has 1 atom stereocenters. The summed E-state index contributed by atoms with van der Waals surface area (Å²) in [5.41, 5.74) is 2.33. The molecule has 0 unspecified atom stereocenters. The van der Waals surface area contributed by atoms with Crippen LogP contribution in [0, 0.1) is 0 Å². The molecule has 0 spiro atoms. The number of hydrogen-bond donors (Lipinski definition) is 1. The SMILES string of the molecule is C[C@@H]1c2ccsc2CCN1C(=O)c1ccc(CNC(=O)OC(C)(C)C)cc1. The third-order valence-corrected chi connectivity index (χ3v) is 5.57. The second-order valence-corrected chi connectivity index (χ2v) is 8.78. The summed E-state index contributed by atoms with van der Waals surface area (Å²) in [5, 5.41) is 4.83. The first kappa shape index (κ1) is 19.4. The van der Waals surface area contributed by atoms with E-state index in [4.69, 9.17) is 4.74 Å². The lowest BCUT2D eigenvalue weighted by atomic mass is 10.00. The summed E-state index contributed by atoms with van der Waals surface area (Å²) < 4.78 is 5.22. The number of fused-ring (bicyclic) bond motifs is 1. The van der Waals surface area contributed by atoms with E-state index < -0.39 is 11.7 Å². The lowest BCUT2D eigenvalue weighted by molar-refractivity contribution is 0.0523. The first-order valence-corrected chi connectivity index (χ1v) is 10.1. The molecule has 0 saturated carbocycles. The summed E-state index contributed by atoms with van der Waals surface area (Å²) in [5.74, 6) is 0.0472. The smallest absolute Gasteiger partial charge is 0.407 e. The van der Waals surface area contributed by atoms with Gasteiger partial charge >= 0.3 is 6.09 Å². The van der Waals surface area contributed by atoms with Crippen LogP contribution in [0.3, 0.4) is 0 Å². The van der Waals surface area contributed by atoms with Crippen LogP contribution in [-0.4, -0.2) is 29.0 Å². The average molecular weight is 387 g/mol. The fourth-order valence-electron chi connectivity index (χ4n) is 3.21. The molecule has 2 heterocycles. The van der Waals surface area contributed by atoms with Crippen molar-refractivity contribution < 1.29 is 14.3 Å². The Morgan fingerprint density at radius 2 is 1.93 bits per heavy atom. The lowest BCUT2D eigenvalue weighted by Crippen LogP contribution is -2.38. The monoisotopic (exact) mass is 386 g/mol. The molecule has 2 amide bonds.